The van der Waals surface area contributed by atoms with Crippen molar-refractivity contribution in [2.45, 2.75) is 32.6 Å². The number of anilines is 1. The molecule has 4 rings (SSSR count). The molecule has 3 heterocycles. The average molecular weight is 445 g/mol. The third-order valence-electron chi connectivity index (χ3n) is 5.70. The van der Waals surface area contributed by atoms with E-state index >= 15 is 0 Å². The molecule has 2 aromatic rings. The van der Waals surface area contributed by atoms with E-state index in [9.17, 15) is 9.18 Å². The second-order valence-corrected chi connectivity index (χ2v) is 7.84. The zero-order chi connectivity index (χ0) is 22.5. The average Bonchev–Trinajstić information content (AvgIpc) is 3.29. The van der Waals surface area contributed by atoms with Crippen LogP contribution >= 0.6 is 0 Å². The summed E-state index contributed by atoms with van der Waals surface area (Å²) in [5.41, 5.74) is 1.99. The Bertz CT molecular complexity index is 963. The first-order valence-corrected chi connectivity index (χ1v) is 11.0. The Morgan fingerprint density at radius 2 is 2.09 bits per heavy atom. The number of piperidine rings is 1. The van der Waals surface area contributed by atoms with Crippen molar-refractivity contribution in [3.63, 3.8) is 0 Å². The zero-order valence-electron chi connectivity index (χ0n) is 18.4. The van der Waals surface area contributed by atoms with Crippen molar-refractivity contribution < 1.29 is 28.1 Å². The van der Waals surface area contributed by atoms with Crippen LogP contribution in [0.2, 0.25) is 0 Å². The lowest BCUT2D eigenvalue weighted by atomic mass is 9.96. The van der Waals surface area contributed by atoms with Crippen LogP contribution in [0.3, 0.4) is 0 Å². The van der Waals surface area contributed by atoms with Crippen LogP contribution < -0.4 is 14.4 Å². The summed E-state index contributed by atoms with van der Waals surface area (Å²) in [6, 6.07) is 3.13. The predicted molar refractivity (Wildman–Crippen MR) is 115 cm³/mol. The highest BCUT2D eigenvalue weighted by Crippen LogP contribution is 2.40. The number of hydrogen-bond acceptors (Lipinski definition) is 8. The van der Waals surface area contributed by atoms with E-state index in [-0.39, 0.29) is 24.4 Å². The molecule has 0 atom stereocenters. The molecule has 1 aromatic heterocycles. The van der Waals surface area contributed by atoms with Gasteiger partial charge in [0.1, 0.15) is 5.69 Å². The van der Waals surface area contributed by atoms with Gasteiger partial charge in [-0.25, -0.2) is 9.37 Å². The number of ether oxygens (including phenoxy) is 4. The molecule has 2 aliphatic rings. The number of fused-ring (bicyclic) bond motifs is 1. The van der Waals surface area contributed by atoms with E-state index in [0.717, 1.165) is 18.5 Å². The van der Waals surface area contributed by atoms with Crippen LogP contribution in [-0.4, -0.2) is 56.1 Å². The van der Waals surface area contributed by atoms with Gasteiger partial charge in [0.05, 0.1) is 18.2 Å². The van der Waals surface area contributed by atoms with E-state index in [4.69, 9.17) is 23.9 Å². The van der Waals surface area contributed by atoms with Crippen molar-refractivity contribution in [3.05, 3.63) is 29.8 Å². The van der Waals surface area contributed by atoms with Crippen molar-refractivity contribution in [3.8, 4) is 22.8 Å². The normalized spacial score (nSPS) is 15.8. The summed E-state index contributed by atoms with van der Waals surface area (Å²) in [5.74, 6) is 0.404. The van der Waals surface area contributed by atoms with Crippen molar-refractivity contribution in [2.24, 2.45) is 5.92 Å². The lowest BCUT2D eigenvalue weighted by molar-refractivity contribution is -0.148. The molecule has 0 N–H and O–H groups in total. The molecule has 172 valence electrons. The molecule has 1 fully saturated rings. The summed E-state index contributed by atoms with van der Waals surface area (Å²) < 4.78 is 35.5. The van der Waals surface area contributed by atoms with Gasteiger partial charge in [0.2, 0.25) is 12.5 Å². The number of nitrogens with zero attached hydrogens (tertiary/aromatic N) is 3. The molecular weight excluding hydrogens is 417 g/mol. The molecule has 0 unspecified atom stereocenters. The number of aromatic nitrogens is 2. The number of benzene rings is 1. The van der Waals surface area contributed by atoms with Crippen LogP contribution in [0.15, 0.2) is 18.3 Å². The van der Waals surface area contributed by atoms with Crippen LogP contribution in [0.25, 0.3) is 11.3 Å². The van der Waals surface area contributed by atoms with E-state index in [1.54, 1.807) is 19.4 Å². The molecule has 32 heavy (non-hydrogen) atoms. The molecule has 9 heteroatoms. The lowest BCUT2D eigenvalue weighted by Gasteiger charge is -2.32. The van der Waals surface area contributed by atoms with E-state index in [1.165, 1.54) is 6.07 Å². The maximum absolute atomic E-state index is 14.6. The summed E-state index contributed by atoms with van der Waals surface area (Å²) in [7, 11) is 1.67. The summed E-state index contributed by atoms with van der Waals surface area (Å²) >= 11 is 0. The first-order chi connectivity index (χ1) is 15.6. The van der Waals surface area contributed by atoms with Crippen LogP contribution in [0.5, 0.6) is 11.5 Å². The maximum atomic E-state index is 14.6. The van der Waals surface area contributed by atoms with Gasteiger partial charge in [-0.3, -0.25) is 9.78 Å². The Hall–Kier alpha value is -2.94. The summed E-state index contributed by atoms with van der Waals surface area (Å²) in [5, 5.41) is 0. The van der Waals surface area contributed by atoms with Gasteiger partial charge in [-0.2, -0.15) is 0 Å². The second-order valence-electron chi connectivity index (χ2n) is 7.84. The minimum Gasteiger partial charge on any atom is -0.466 e. The summed E-state index contributed by atoms with van der Waals surface area (Å²) in [4.78, 5) is 23.8. The fraction of sp³-hybridized carbons (Fsp3) is 0.522. The van der Waals surface area contributed by atoms with Crippen molar-refractivity contribution in [1.82, 2.24) is 9.97 Å². The highest BCUT2D eigenvalue weighted by Gasteiger charge is 2.29. The molecule has 0 amide bonds. The van der Waals surface area contributed by atoms with E-state index in [1.807, 2.05) is 6.92 Å². The first-order valence-electron chi connectivity index (χ1n) is 11.0. The molecule has 0 aliphatic carbocycles. The van der Waals surface area contributed by atoms with Gasteiger partial charge in [-0.05, 0) is 44.7 Å². The van der Waals surface area contributed by atoms with Crippen LogP contribution in [-0.2, 0) is 20.7 Å². The Morgan fingerprint density at radius 1 is 1.28 bits per heavy atom. The Morgan fingerprint density at radius 3 is 2.84 bits per heavy atom. The number of aryl methyl sites for hydroxylation is 1. The van der Waals surface area contributed by atoms with Gasteiger partial charge in [-0.1, -0.05) is 0 Å². The number of carbonyl (C=O) groups is 1. The molecule has 0 radical (unpaired) electrons. The van der Waals surface area contributed by atoms with E-state index in [0.29, 0.717) is 62.0 Å². The minimum atomic E-state index is -0.493. The van der Waals surface area contributed by atoms with Gasteiger partial charge in [0, 0.05) is 38.6 Å². The lowest BCUT2D eigenvalue weighted by Crippen LogP contribution is -2.38. The number of hydrogen-bond donors (Lipinski definition) is 0. The van der Waals surface area contributed by atoms with Crippen molar-refractivity contribution in [2.75, 3.05) is 45.1 Å². The van der Waals surface area contributed by atoms with Gasteiger partial charge >= 0.3 is 5.97 Å². The molecule has 8 nitrogen and oxygen atoms in total. The molecule has 0 spiro atoms. The van der Waals surface area contributed by atoms with Crippen molar-refractivity contribution in [1.29, 1.82) is 0 Å². The Labute approximate surface area is 186 Å². The fourth-order valence-corrected chi connectivity index (χ4v) is 4.05. The number of carbonyl (C=O) groups excluding carboxylic acids is 1. The standard InChI is InChI=1S/C23H28FN3O5/c1-3-30-23(28)15-6-8-27(9-7-15)22-20(25-13-17(26-22)5-4-10-29-2)16-11-18(24)21-19(12-16)31-14-32-21/h11-13,15H,3-10,14H2,1-2H3. The Balaban J connectivity index is 1.62. The molecule has 1 saturated heterocycles. The van der Waals surface area contributed by atoms with Crippen LogP contribution in [0.4, 0.5) is 10.2 Å². The summed E-state index contributed by atoms with van der Waals surface area (Å²) in [6.07, 6.45) is 4.62. The second kappa shape index (κ2) is 10.1. The van der Waals surface area contributed by atoms with Gasteiger partial charge < -0.3 is 23.8 Å². The molecular formula is C23H28FN3O5. The van der Waals surface area contributed by atoms with Gasteiger partial charge in [-0.15, -0.1) is 0 Å². The fourth-order valence-electron chi connectivity index (χ4n) is 4.05. The number of halogens is 1. The highest BCUT2D eigenvalue weighted by molar-refractivity contribution is 5.76. The van der Waals surface area contributed by atoms with E-state index < -0.39 is 5.82 Å². The molecule has 1 aromatic carbocycles. The third-order valence-corrected chi connectivity index (χ3v) is 5.70. The van der Waals surface area contributed by atoms with Gasteiger partial charge in [0.25, 0.3) is 0 Å². The Kier molecular flexibility index (Phi) is 7.04. The molecule has 0 saturated carbocycles. The zero-order valence-corrected chi connectivity index (χ0v) is 18.4. The molecule has 0 bridgehead atoms. The summed E-state index contributed by atoms with van der Waals surface area (Å²) in [6.45, 7) is 4.10. The SMILES string of the molecule is CCOC(=O)C1CCN(c2nc(CCCOC)cnc2-c2cc(F)c3c(c2)OCO3)CC1. The van der Waals surface area contributed by atoms with Gasteiger partial charge in [0.15, 0.2) is 17.4 Å². The van der Waals surface area contributed by atoms with Crippen LogP contribution in [0, 0.1) is 11.7 Å². The smallest absolute Gasteiger partial charge is 0.309 e. The maximum Gasteiger partial charge on any atom is 0.309 e. The number of methoxy groups -OCH3 is 1. The topological polar surface area (TPSA) is 83.0 Å². The van der Waals surface area contributed by atoms with Crippen LogP contribution in [0.1, 0.15) is 31.9 Å². The highest BCUT2D eigenvalue weighted by atomic mass is 19.1. The number of rotatable bonds is 8. The predicted octanol–water partition coefficient (Wildman–Crippen LogP) is 3.37. The first kappa shape index (κ1) is 22.3. The van der Waals surface area contributed by atoms with Crippen molar-refractivity contribution >= 4 is 11.8 Å². The monoisotopic (exact) mass is 445 g/mol. The number of esters is 1. The largest absolute Gasteiger partial charge is 0.466 e. The third kappa shape index (κ3) is 4.77. The molecule has 2 aliphatic heterocycles. The van der Waals surface area contributed by atoms with E-state index in [2.05, 4.69) is 9.88 Å². The quantitative estimate of drug-likeness (QED) is 0.452. The minimum absolute atomic E-state index is 0.00590.